The number of hydrogen-bond acceptors (Lipinski definition) is 8. The number of ether oxygens (including phenoxy) is 5. The molecule has 0 saturated heterocycles. The predicted molar refractivity (Wildman–Crippen MR) is 102 cm³/mol. The van der Waals surface area contributed by atoms with Crippen LogP contribution in [0, 0.1) is 0 Å². The van der Waals surface area contributed by atoms with E-state index in [2.05, 4.69) is 10.2 Å². The lowest BCUT2D eigenvalue weighted by molar-refractivity contribution is 0.00708. The van der Waals surface area contributed by atoms with Gasteiger partial charge in [-0.15, -0.1) is 0 Å². The maximum atomic E-state index is 9.32. The standard InChI is InChI=1S/C20H24N2O6/c23-18-4-1-16(2-5-18)21-22-17-3-6-19-20(15-17)28-14-12-26-10-8-24-7-9-25-11-13-27-19/h1-6,15,23H,7-14H2. The fourth-order valence-corrected chi connectivity index (χ4v) is 2.39. The average molecular weight is 388 g/mol. The van der Waals surface area contributed by atoms with E-state index in [1.165, 1.54) is 0 Å². The number of fused-ring (bicyclic) bond motifs is 1. The molecule has 0 saturated carbocycles. The van der Waals surface area contributed by atoms with E-state index in [4.69, 9.17) is 23.7 Å². The van der Waals surface area contributed by atoms with Gasteiger partial charge in [0.2, 0.25) is 0 Å². The fourth-order valence-electron chi connectivity index (χ4n) is 2.39. The Morgan fingerprint density at radius 1 is 0.571 bits per heavy atom. The summed E-state index contributed by atoms with van der Waals surface area (Å²) in [6.45, 7) is 3.77. The normalized spacial score (nSPS) is 17.0. The zero-order chi connectivity index (χ0) is 19.4. The Bertz CT molecular complexity index is 751. The highest BCUT2D eigenvalue weighted by atomic mass is 16.6. The molecule has 1 heterocycles. The first-order chi connectivity index (χ1) is 13.8. The summed E-state index contributed by atoms with van der Waals surface area (Å²) >= 11 is 0. The van der Waals surface area contributed by atoms with Crippen LogP contribution in [0.2, 0.25) is 0 Å². The minimum absolute atomic E-state index is 0.185. The Balaban J connectivity index is 1.67. The first-order valence-electron chi connectivity index (χ1n) is 9.15. The van der Waals surface area contributed by atoms with Crippen LogP contribution in [0.15, 0.2) is 52.7 Å². The molecule has 0 amide bonds. The maximum absolute atomic E-state index is 9.32. The molecule has 2 aromatic carbocycles. The largest absolute Gasteiger partial charge is 0.508 e. The number of azo groups is 1. The van der Waals surface area contributed by atoms with Crippen molar-refractivity contribution in [2.24, 2.45) is 10.2 Å². The van der Waals surface area contributed by atoms with E-state index in [1.54, 1.807) is 42.5 Å². The maximum Gasteiger partial charge on any atom is 0.163 e. The zero-order valence-electron chi connectivity index (χ0n) is 15.6. The van der Waals surface area contributed by atoms with Crippen molar-refractivity contribution in [3.63, 3.8) is 0 Å². The van der Waals surface area contributed by atoms with Crippen LogP contribution in [0.5, 0.6) is 17.2 Å². The number of rotatable bonds is 2. The average Bonchev–Trinajstić information content (AvgIpc) is 2.72. The second-order valence-corrected chi connectivity index (χ2v) is 5.88. The van der Waals surface area contributed by atoms with Gasteiger partial charge in [-0.2, -0.15) is 10.2 Å². The van der Waals surface area contributed by atoms with E-state index in [9.17, 15) is 5.11 Å². The third-order valence-corrected chi connectivity index (χ3v) is 3.77. The second-order valence-electron chi connectivity index (χ2n) is 5.88. The van der Waals surface area contributed by atoms with Crippen LogP contribution >= 0.6 is 0 Å². The molecule has 0 bridgehead atoms. The lowest BCUT2D eigenvalue weighted by Gasteiger charge is -2.13. The van der Waals surface area contributed by atoms with Crippen LogP contribution in [0.3, 0.4) is 0 Å². The Morgan fingerprint density at radius 2 is 1.07 bits per heavy atom. The van der Waals surface area contributed by atoms with Crippen LogP contribution in [0.1, 0.15) is 0 Å². The Hall–Kier alpha value is -2.68. The highest BCUT2D eigenvalue weighted by Gasteiger charge is 2.08. The SMILES string of the molecule is Oc1ccc(N=Nc2ccc3c(c2)OCCOCCOCCOCCO3)cc1. The van der Waals surface area contributed by atoms with Gasteiger partial charge in [0.25, 0.3) is 0 Å². The quantitative estimate of drug-likeness (QED) is 0.790. The van der Waals surface area contributed by atoms with Crippen molar-refractivity contribution in [3.05, 3.63) is 42.5 Å². The van der Waals surface area contributed by atoms with Crippen molar-refractivity contribution in [1.29, 1.82) is 0 Å². The van der Waals surface area contributed by atoms with E-state index >= 15 is 0 Å². The van der Waals surface area contributed by atoms with E-state index in [0.717, 1.165) is 0 Å². The molecular weight excluding hydrogens is 364 g/mol. The molecule has 0 radical (unpaired) electrons. The smallest absolute Gasteiger partial charge is 0.163 e. The molecule has 3 rings (SSSR count). The first kappa shape index (κ1) is 20.1. The van der Waals surface area contributed by atoms with E-state index in [0.29, 0.717) is 75.7 Å². The van der Waals surface area contributed by atoms with Gasteiger partial charge in [-0.05, 0) is 36.4 Å². The molecule has 0 aromatic heterocycles. The van der Waals surface area contributed by atoms with Gasteiger partial charge in [0.1, 0.15) is 19.0 Å². The third kappa shape index (κ3) is 6.80. The van der Waals surface area contributed by atoms with Gasteiger partial charge in [0, 0.05) is 6.07 Å². The molecule has 28 heavy (non-hydrogen) atoms. The van der Waals surface area contributed by atoms with Crippen LogP contribution < -0.4 is 9.47 Å². The van der Waals surface area contributed by atoms with Crippen LogP contribution in [-0.4, -0.2) is 58.0 Å². The van der Waals surface area contributed by atoms with Crippen molar-refractivity contribution in [1.82, 2.24) is 0 Å². The van der Waals surface area contributed by atoms with Gasteiger partial charge in [0.15, 0.2) is 11.5 Å². The molecule has 1 N–H and O–H groups in total. The molecule has 8 nitrogen and oxygen atoms in total. The van der Waals surface area contributed by atoms with Gasteiger partial charge >= 0.3 is 0 Å². The van der Waals surface area contributed by atoms with Crippen molar-refractivity contribution < 1.29 is 28.8 Å². The van der Waals surface area contributed by atoms with E-state index < -0.39 is 0 Å². The summed E-state index contributed by atoms with van der Waals surface area (Å²) in [5.74, 6) is 1.36. The van der Waals surface area contributed by atoms with Crippen molar-refractivity contribution >= 4 is 11.4 Å². The number of nitrogens with zero attached hydrogens (tertiary/aromatic N) is 2. The van der Waals surface area contributed by atoms with Gasteiger partial charge in [-0.3, -0.25) is 0 Å². The molecule has 0 spiro atoms. The summed E-state index contributed by atoms with van der Waals surface area (Å²) in [5.41, 5.74) is 1.26. The van der Waals surface area contributed by atoms with Crippen molar-refractivity contribution in [2.75, 3.05) is 52.9 Å². The highest BCUT2D eigenvalue weighted by molar-refractivity contribution is 5.52. The topological polar surface area (TPSA) is 91.1 Å². The summed E-state index contributed by atoms with van der Waals surface area (Å²) in [5, 5.41) is 17.7. The monoisotopic (exact) mass is 388 g/mol. The van der Waals surface area contributed by atoms with E-state index in [-0.39, 0.29) is 5.75 Å². The second kappa shape index (κ2) is 11.2. The van der Waals surface area contributed by atoms with Crippen LogP contribution in [0.4, 0.5) is 11.4 Å². The molecule has 0 unspecified atom stereocenters. The third-order valence-electron chi connectivity index (χ3n) is 3.77. The van der Waals surface area contributed by atoms with Crippen LogP contribution in [-0.2, 0) is 14.2 Å². The number of aromatic hydroxyl groups is 1. The summed E-state index contributed by atoms with van der Waals surface area (Å²) in [7, 11) is 0. The highest BCUT2D eigenvalue weighted by Crippen LogP contribution is 2.32. The molecule has 8 heteroatoms. The minimum atomic E-state index is 0.185. The van der Waals surface area contributed by atoms with Crippen LogP contribution in [0.25, 0.3) is 0 Å². The lowest BCUT2D eigenvalue weighted by Crippen LogP contribution is -2.13. The van der Waals surface area contributed by atoms with Gasteiger partial charge < -0.3 is 28.8 Å². The lowest BCUT2D eigenvalue weighted by atomic mass is 10.3. The number of hydrogen-bond donors (Lipinski definition) is 1. The Kier molecular flexibility index (Phi) is 8.05. The Morgan fingerprint density at radius 3 is 1.71 bits per heavy atom. The van der Waals surface area contributed by atoms with E-state index in [1.807, 2.05) is 0 Å². The molecule has 1 aliphatic rings. The van der Waals surface area contributed by atoms with Crippen molar-refractivity contribution in [3.8, 4) is 17.2 Å². The van der Waals surface area contributed by atoms with Gasteiger partial charge in [0.05, 0.1) is 51.0 Å². The van der Waals surface area contributed by atoms with Gasteiger partial charge in [-0.25, -0.2) is 0 Å². The summed E-state index contributed by atoms with van der Waals surface area (Å²) < 4.78 is 27.9. The number of phenols is 1. The van der Waals surface area contributed by atoms with Gasteiger partial charge in [-0.1, -0.05) is 0 Å². The minimum Gasteiger partial charge on any atom is -0.508 e. The molecule has 150 valence electrons. The molecular formula is C20H24N2O6. The summed E-state index contributed by atoms with van der Waals surface area (Å²) in [6, 6.07) is 11.8. The number of benzene rings is 2. The van der Waals surface area contributed by atoms with Crippen molar-refractivity contribution in [2.45, 2.75) is 0 Å². The Labute approximate surface area is 163 Å². The molecule has 0 atom stereocenters. The molecule has 2 aromatic rings. The molecule has 0 aliphatic carbocycles. The summed E-state index contributed by atoms with van der Waals surface area (Å²) in [4.78, 5) is 0. The predicted octanol–water partition coefficient (Wildman–Crippen LogP) is 3.63. The zero-order valence-corrected chi connectivity index (χ0v) is 15.6. The molecule has 0 fully saturated rings. The summed E-state index contributed by atoms with van der Waals surface area (Å²) in [6.07, 6.45) is 0. The molecule has 1 aliphatic heterocycles. The number of phenolic OH excluding ortho intramolecular Hbond substituents is 1. The first-order valence-corrected chi connectivity index (χ1v) is 9.15. The fraction of sp³-hybridized carbons (Fsp3) is 0.400.